The SMILES string of the molecule is COC(C)C(NC(=O)OCC1c2ccccc2-c2ccccc21)C(=O)NC1(C(=O)O)CCN(Cc2ccccc2)C1. The zero-order valence-electron chi connectivity index (χ0n) is 23.2. The van der Waals surface area contributed by atoms with Gasteiger partial charge < -0.3 is 25.2 Å². The highest BCUT2D eigenvalue weighted by Gasteiger charge is 2.47. The summed E-state index contributed by atoms with van der Waals surface area (Å²) in [6.07, 6.45) is -1.28. The summed E-state index contributed by atoms with van der Waals surface area (Å²) in [6.45, 7) is 2.94. The maximum absolute atomic E-state index is 13.5. The molecule has 1 saturated heterocycles. The molecule has 3 N–H and O–H groups in total. The molecule has 9 heteroatoms. The summed E-state index contributed by atoms with van der Waals surface area (Å²) < 4.78 is 11.0. The van der Waals surface area contributed by atoms with Gasteiger partial charge in [-0.3, -0.25) is 9.69 Å². The number of carbonyl (C=O) groups is 3. The van der Waals surface area contributed by atoms with Gasteiger partial charge in [-0.05, 0) is 41.2 Å². The molecule has 0 saturated carbocycles. The van der Waals surface area contributed by atoms with Crippen LogP contribution in [0.4, 0.5) is 4.79 Å². The highest BCUT2D eigenvalue weighted by Crippen LogP contribution is 2.44. The van der Waals surface area contributed by atoms with Crippen LogP contribution >= 0.6 is 0 Å². The molecule has 1 aliphatic heterocycles. The number of aliphatic carboxylic acids is 1. The van der Waals surface area contributed by atoms with E-state index in [2.05, 4.69) is 22.8 Å². The number of hydrogen-bond acceptors (Lipinski definition) is 6. The lowest BCUT2D eigenvalue weighted by Crippen LogP contribution is -2.62. The molecule has 1 heterocycles. The summed E-state index contributed by atoms with van der Waals surface area (Å²) in [6, 6.07) is 24.6. The van der Waals surface area contributed by atoms with Crippen molar-refractivity contribution in [2.24, 2.45) is 0 Å². The first-order valence-electron chi connectivity index (χ1n) is 13.8. The van der Waals surface area contributed by atoms with Crippen molar-refractivity contribution in [2.75, 3.05) is 26.8 Å². The van der Waals surface area contributed by atoms with Crippen LogP contribution in [0.15, 0.2) is 78.9 Å². The molecule has 0 spiro atoms. The Kier molecular flexibility index (Phi) is 8.37. The highest BCUT2D eigenvalue weighted by molar-refractivity contribution is 5.92. The van der Waals surface area contributed by atoms with Crippen molar-refractivity contribution >= 4 is 18.0 Å². The van der Waals surface area contributed by atoms with E-state index in [0.29, 0.717) is 13.1 Å². The molecule has 3 unspecified atom stereocenters. The monoisotopic (exact) mass is 557 g/mol. The first kappa shape index (κ1) is 28.3. The number of methoxy groups -OCH3 is 1. The number of nitrogens with zero attached hydrogens (tertiary/aromatic N) is 1. The fourth-order valence-corrected chi connectivity index (χ4v) is 5.81. The average Bonchev–Trinajstić information content (AvgIpc) is 3.54. The lowest BCUT2D eigenvalue weighted by atomic mass is 9.97. The molecule has 2 aliphatic rings. The van der Waals surface area contributed by atoms with E-state index in [1.165, 1.54) is 7.11 Å². The number of likely N-dealkylation sites (tertiary alicyclic amines) is 1. The summed E-state index contributed by atoms with van der Waals surface area (Å²) in [5.41, 5.74) is 3.94. The Hall–Kier alpha value is -4.21. The van der Waals surface area contributed by atoms with Crippen molar-refractivity contribution in [3.63, 3.8) is 0 Å². The summed E-state index contributed by atoms with van der Waals surface area (Å²) in [4.78, 5) is 40.8. The molecule has 214 valence electrons. The van der Waals surface area contributed by atoms with Gasteiger partial charge >= 0.3 is 12.1 Å². The molecule has 3 aromatic carbocycles. The minimum Gasteiger partial charge on any atom is -0.479 e. The fraction of sp³-hybridized carbons (Fsp3) is 0.344. The van der Waals surface area contributed by atoms with Crippen molar-refractivity contribution in [3.8, 4) is 11.1 Å². The van der Waals surface area contributed by atoms with Gasteiger partial charge in [-0.1, -0.05) is 78.9 Å². The van der Waals surface area contributed by atoms with E-state index < -0.39 is 35.7 Å². The van der Waals surface area contributed by atoms with Crippen LogP contribution in [0.25, 0.3) is 11.1 Å². The van der Waals surface area contributed by atoms with Gasteiger partial charge in [0.1, 0.15) is 12.6 Å². The number of benzene rings is 3. The van der Waals surface area contributed by atoms with Gasteiger partial charge in [0, 0.05) is 32.7 Å². The maximum Gasteiger partial charge on any atom is 0.407 e. The van der Waals surface area contributed by atoms with Gasteiger partial charge in [-0.25, -0.2) is 9.59 Å². The summed E-state index contributed by atoms with van der Waals surface area (Å²) >= 11 is 0. The molecule has 41 heavy (non-hydrogen) atoms. The number of amides is 2. The van der Waals surface area contributed by atoms with Crippen LogP contribution in [0.3, 0.4) is 0 Å². The molecule has 1 fully saturated rings. The van der Waals surface area contributed by atoms with Crippen LogP contribution in [0.1, 0.15) is 36.0 Å². The van der Waals surface area contributed by atoms with Crippen LogP contribution in [-0.2, 0) is 25.6 Å². The van der Waals surface area contributed by atoms with Crippen molar-refractivity contribution in [2.45, 2.75) is 43.5 Å². The van der Waals surface area contributed by atoms with E-state index in [-0.39, 0.29) is 25.5 Å². The first-order valence-corrected chi connectivity index (χ1v) is 13.8. The predicted octanol–water partition coefficient (Wildman–Crippen LogP) is 3.77. The number of hydrogen-bond donors (Lipinski definition) is 3. The topological polar surface area (TPSA) is 117 Å². The number of rotatable bonds is 10. The number of carboxylic acid groups (broad SMARTS) is 1. The lowest BCUT2D eigenvalue weighted by molar-refractivity contribution is -0.148. The molecule has 0 bridgehead atoms. The number of fused-ring (bicyclic) bond motifs is 3. The fourth-order valence-electron chi connectivity index (χ4n) is 5.81. The molecule has 3 atom stereocenters. The average molecular weight is 558 g/mol. The minimum atomic E-state index is -1.49. The van der Waals surface area contributed by atoms with Gasteiger partial charge in [-0.15, -0.1) is 0 Å². The van der Waals surface area contributed by atoms with E-state index in [0.717, 1.165) is 27.8 Å². The van der Waals surface area contributed by atoms with E-state index in [1.54, 1.807) is 6.92 Å². The van der Waals surface area contributed by atoms with Crippen molar-refractivity contribution in [1.82, 2.24) is 15.5 Å². The zero-order chi connectivity index (χ0) is 29.0. The molecule has 3 aromatic rings. The second kappa shape index (κ2) is 12.1. The zero-order valence-corrected chi connectivity index (χ0v) is 23.2. The van der Waals surface area contributed by atoms with E-state index in [1.807, 2.05) is 71.6 Å². The number of nitrogens with one attached hydrogen (secondary N) is 2. The van der Waals surface area contributed by atoms with Crippen LogP contribution in [0, 0.1) is 0 Å². The standard InChI is InChI=1S/C32H35N3O6/c1-21(40-2)28(29(36)34-32(30(37)38)16-17-35(20-32)18-22-10-4-3-5-11-22)33-31(39)41-19-27-25-14-8-6-12-23(25)24-13-7-9-15-26(24)27/h3-15,21,27-28H,16-20H2,1-2H3,(H,33,39)(H,34,36)(H,37,38). The third-order valence-corrected chi connectivity index (χ3v) is 8.11. The molecule has 0 radical (unpaired) electrons. The van der Waals surface area contributed by atoms with Gasteiger partial charge in [0.2, 0.25) is 5.91 Å². The minimum absolute atomic E-state index is 0.0864. The quantitative estimate of drug-likeness (QED) is 0.347. The lowest BCUT2D eigenvalue weighted by Gasteiger charge is -2.30. The number of carbonyl (C=O) groups excluding carboxylic acids is 2. The van der Waals surface area contributed by atoms with Crippen molar-refractivity contribution < 1.29 is 29.0 Å². The molecule has 1 aliphatic carbocycles. The van der Waals surface area contributed by atoms with E-state index in [9.17, 15) is 19.5 Å². The summed E-state index contributed by atoms with van der Waals surface area (Å²) in [5.74, 6) is -1.90. The second-order valence-corrected chi connectivity index (χ2v) is 10.7. The molecule has 9 nitrogen and oxygen atoms in total. The third-order valence-electron chi connectivity index (χ3n) is 8.11. The molecule has 0 aromatic heterocycles. The summed E-state index contributed by atoms with van der Waals surface area (Å²) in [5, 5.41) is 15.5. The van der Waals surface area contributed by atoms with E-state index in [4.69, 9.17) is 9.47 Å². The number of carboxylic acids is 1. The van der Waals surface area contributed by atoms with E-state index >= 15 is 0 Å². The Morgan fingerprint density at radius 3 is 2.20 bits per heavy atom. The van der Waals surface area contributed by atoms with Gasteiger partial charge in [0.15, 0.2) is 5.54 Å². The number of alkyl carbamates (subject to hydrolysis) is 1. The first-order chi connectivity index (χ1) is 19.8. The van der Waals surface area contributed by atoms with Crippen LogP contribution < -0.4 is 10.6 Å². The summed E-state index contributed by atoms with van der Waals surface area (Å²) in [7, 11) is 1.43. The third kappa shape index (κ3) is 5.96. The van der Waals surface area contributed by atoms with Crippen molar-refractivity contribution in [3.05, 3.63) is 95.6 Å². The Bertz CT molecular complexity index is 1370. The number of ether oxygens (including phenoxy) is 2. The smallest absolute Gasteiger partial charge is 0.407 e. The van der Waals surface area contributed by atoms with Gasteiger partial charge in [0.25, 0.3) is 0 Å². The Morgan fingerprint density at radius 1 is 0.976 bits per heavy atom. The van der Waals surface area contributed by atoms with Crippen LogP contribution in [0.2, 0.25) is 0 Å². The molecule has 2 amide bonds. The van der Waals surface area contributed by atoms with Crippen LogP contribution in [0.5, 0.6) is 0 Å². The largest absolute Gasteiger partial charge is 0.479 e. The Morgan fingerprint density at radius 2 is 1.59 bits per heavy atom. The second-order valence-electron chi connectivity index (χ2n) is 10.7. The molecular weight excluding hydrogens is 522 g/mol. The predicted molar refractivity (Wildman–Crippen MR) is 153 cm³/mol. The maximum atomic E-state index is 13.5. The van der Waals surface area contributed by atoms with Gasteiger partial charge in [0.05, 0.1) is 6.10 Å². The van der Waals surface area contributed by atoms with Crippen molar-refractivity contribution in [1.29, 1.82) is 0 Å². The Balaban J connectivity index is 1.24. The van der Waals surface area contributed by atoms with Gasteiger partial charge in [-0.2, -0.15) is 0 Å². The Labute approximate surface area is 239 Å². The normalized spacial score (nSPS) is 19.6. The highest BCUT2D eigenvalue weighted by atomic mass is 16.5. The van der Waals surface area contributed by atoms with Crippen LogP contribution in [-0.4, -0.2) is 72.5 Å². The molecule has 5 rings (SSSR count). The molecular formula is C32H35N3O6.